The van der Waals surface area contributed by atoms with Gasteiger partial charge in [0, 0.05) is 30.4 Å². The van der Waals surface area contributed by atoms with Crippen molar-refractivity contribution in [3.05, 3.63) is 83.7 Å². The molecular formula is C27H30N4O. The normalized spacial score (nSPS) is 19.2. The van der Waals surface area contributed by atoms with Gasteiger partial charge in [0.15, 0.2) is 5.82 Å². The lowest BCUT2D eigenvalue weighted by Gasteiger charge is -2.29. The topological polar surface area (TPSA) is 49.3 Å². The van der Waals surface area contributed by atoms with Gasteiger partial charge in [-0.1, -0.05) is 55.0 Å². The minimum absolute atomic E-state index is 0.00370. The number of piperidine rings is 1. The Balaban J connectivity index is 1.39. The van der Waals surface area contributed by atoms with Gasteiger partial charge in [-0.2, -0.15) is 0 Å². The molecule has 5 nitrogen and oxygen atoms in total. The molecule has 1 aromatic heterocycles. The number of hydrogen-bond acceptors (Lipinski definition) is 4. The SMILES string of the molecule is O=C(c1ccccc1CN1CCCCC1)N1CCC[C@H]1c1ccnc(-c2ccccc2)n1. The van der Waals surface area contributed by atoms with Crippen LogP contribution < -0.4 is 0 Å². The summed E-state index contributed by atoms with van der Waals surface area (Å²) in [4.78, 5) is 27.5. The van der Waals surface area contributed by atoms with Crippen LogP contribution in [-0.2, 0) is 6.54 Å². The van der Waals surface area contributed by atoms with Gasteiger partial charge in [-0.3, -0.25) is 9.69 Å². The van der Waals surface area contributed by atoms with E-state index in [0.717, 1.165) is 61.4 Å². The van der Waals surface area contributed by atoms with Crippen molar-refractivity contribution in [2.45, 2.75) is 44.7 Å². The Kier molecular flexibility index (Phi) is 6.26. The Morgan fingerprint density at radius 2 is 1.66 bits per heavy atom. The number of rotatable bonds is 5. The first-order valence-corrected chi connectivity index (χ1v) is 11.8. The average Bonchev–Trinajstić information content (AvgIpc) is 3.35. The zero-order valence-electron chi connectivity index (χ0n) is 18.5. The monoisotopic (exact) mass is 426 g/mol. The summed E-state index contributed by atoms with van der Waals surface area (Å²) in [6.45, 7) is 3.87. The van der Waals surface area contributed by atoms with Crippen LogP contribution in [0.15, 0.2) is 66.9 Å². The van der Waals surface area contributed by atoms with Gasteiger partial charge in [-0.05, 0) is 56.5 Å². The van der Waals surface area contributed by atoms with Crippen LogP contribution in [0.5, 0.6) is 0 Å². The summed E-state index contributed by atoms with van der Waals surface area (Å²) in [5.74, 6) is 0.841. The molecule has 32 heavy (non-hydrogen) atoms. The molecule has 0 unspecified atom stereocenters. The van der Waals surface area contributed by atoms with Crippen molar-refractivity contribution in [1.82, 2.24) is 19.8 Å². The summed E-state index contributed by atoms with van der Waals surface area (Å²) in [5, 5.41) is 0. The fourth-order valence-electron chi connectivity index (χ4n) is 4.98. The van der Waals surface area contributed by atoms with Crippen molar-refractivity contribution in [2.75, 3.05) is 19.6 Å². The second-order valence-electron chi connectivity index (χ2n) is 8.82. The lowest BCUT2D eigenvalue weighted by atomic mass is 10.0. The van der Waals surface area contributed by atoms with Gasteiger partial charge in [-0.15, -0.1) is 0 Å². The van der Waals surface area contributed by atoms with Crippen LogP contribution in [0.1, 0.15) is 59.8 Å². The molecule has 0 bridgehead atoms. The largest absolute Gasteiger partial charge is 0.330 e. The van der Waals surface area contributed by atoms with Crippen LogP contribution in [0.2, 0.25) is 0 Å². The van der Waals surface area contributed by atoms with Crippen LogP contribution in [0.4, 0.5) is 0 Å². The van der Waals surface area contributed by atoms with E-state index >= 15 is 0 Å². The quantitative estimate of drug-likeness (QED) is 0.569. The second-order valence-corrected chi connectivity index (χ2v) is 8.82. The van der Waals surface area contributed by atoms with Gasteiger partial charge >= 0.3 is 0 Å². The molecule has 0 spiro atoms. The van der Waals surface area contributed by atoms with Gasteiger partial charge < -0.3 is 4.90 Å². The van der Waals surface area contributed by atoms with E-state index in [1.807, 2.05) is 65.7 Å². The molecule has 1 amide bonds. The fourth-order valence-corrected chi connectivity index (χ4v) is 4.98. The first-order valence-electron chi connectivity index (χ1n) is 11.8. The van der Waals surface area contributed by atoms with E-state index in [1.54, 1.807) is 0 Å². The molecule has 0 radical (unpaired) electrons. The number of hydrogen-bond donors (Lipinski definition) is 0. The number of nitrogens with zero attached hydrogens (tertiary/aromatic N) is 4. The van der Waals surface area contributed by atoms with E-state index in [4.69, 9.17) is 4.98 Å². The highest BCUT2D eigenvalue weighted by molar-refractivity contribution is 5.96. The van der Waals surface area contributed by atoms with Gasteiger partial charge in [0.05, 0.1) is 11.7 Å². The number of likely N-dealkylation sites (tertiary alicyclic amines) is 2. The number of benzene rings is 2. The maximum Gasteiger partial charge on any atom is 0.254 e. The van der Waals surface area contributed by atoms with E-state index in [9.17, 15) is 4.79 Å². The second kappa shape index (κ2) is 9.61. The van der Waals surface area contributed by atoms with Gasteiger partial charge in [-0.25, -0.2) is 9.97 Å². The molecule has 1 atom stereocenters. The van der Waals surface area contributed by atoms with Crippen LogP contribution in [-0.4, -0.2) is 45.3 Å². The summed E-state index contributed by atoms with van der Waals surface area (Å²) in [6.07, 6.45) is 7.57. The molecule has 2 fully saturated rings. The summed E-state index contributed by atoms with van der Waals surface area (Å²) < 4.78 is 0. The molecule has 0 saturated carbocycles. The molecule has 0 N–H and O–H groups in total. The number of carbonyl (C=O) groups is 1. The van der Waals surface area contributed by atoms with Gasteiger partial charge in [0.2, 0.25) is 0 Å². The minimum atomic E-state index is -0.00370. The van der Waals surface area contributed by atoms with Crippen molar-refractivity contribution < 1.29 is 4.79 Å². The Morgan fingerprint density at radius 3 is 2.50 bits per heavy atom. The lowest BCUT2D eigenvalue weighted by molar-refractivity contribution is 0.0730. The molecule has 5 heteroatoms. The summed E-state index contributed by atoms with van der Waals surface area (Å²) in [6, 6.07) is 20.1. The molecule has 3 aromatic rings. The number of aromatic nitrogens is 2. The predicted molar refractivity (Wildman–Crippen MR) is 126 cm³/mol. The number of carbonyl (C=O) groups excluding carboxylic acids is 1. The molecule has 2 aliphatic heterocycles. The molecule has 5 rings (SSSR count). The maximum atomic E-state index is 13.7. The number of amides is 1. The molecular weight excluding hydrogens is 396 g/mol. The molecule has 2 aliphatic rings. The van der Waals surface area contributed by atoms with Crippen molar-refractivity contribution in [3.63, 3.8) is 0 Å². The first kappa shape index (κ1) is 20.8. The van der Waals surface area contributed by atoms with Crippen molar-refractivity contribution in [1.29, 1.82) is 0 Å². The summed E-state index contributed by atoms with van der Waals surface area (Å²) in [7, 11) is 0. The molecule has 0 aliphatic carbocycles. The summed E-state index contributed by atoms with van der Waals surface area (Å²) in [5.41, 5.74) is 3.90. The van der Waals surface area contributed by atoms with Crippen LogP contribution in [0.3, 0.4) is 0 Å². The third-order valence-corrected chi connectivity index (χ3v) is 6.65. The van der Waals surface area contributed by atoms with E-state index in [1.165, 1.54) is 19.3 Å². The van der Waals surface area contributed by atoms with Crippen LogP contribution >= 0.6 is 0 Å². The van der Waals surface area contributed by atoms with Crippen LogP contribution in [0.25, 0.3) is 11.4 Å². The minimum Gasteiger partial charge on any atom is -0.330 e. The first-order chi connectivity index (χ1) is 15.8. The average molecular weight is 427 g/mol. The Hall–Kier alpha value is -3.05. The van der Waals surface area contributed by atoms with E-state index in [-0.39, 0.29) is 11.9 Å². The highest BCUT2D eigenvalue weighted by Gasteiger charge is 2.32. The Bertz CT molecular complexity index is 1060. The van der Waals surface area contributed by atoms with E-state index in [0.29, 0.717) is 5.82 Å². The highest BCUT2D eigenvalue weighted by Crippen LogP contribution is 2.33. The highest BCUT2D eigenvalue weighted by atomic mass is 16.2. The maximum absolute atomic E-state index is 13.7. The van der Waals surface area contributed by atoms with Crippen molar-refractivity contribution in [3.8, 4) is 11.4 Å². The van der Waals surface area contributed by atoms with Gasteiger partial charge in [0.1, 0.15) is 0 Å². The Morgan fingerprint density at radius 1 is 0.875 bits per heavy atom. The third-order valence-electron chi connectivity index (χ3n) is 6.65. The molecule has 3 heterocycles. The third kappa shape index (κ3) is 4.44. The van der Waals surface area contributed by atoms with E-state index in [2.05, 4.69) is 16.0 Å². The fraction of sp³-hybridized carbons (Fsp3) is 0.370. The summed E-state index contributed by atoms with van der Waals surface area (Å²) >= 11 is 0. The lowest BCUT2D eigenvalue weighted by Crippen LogP contribution is -2.33. The zero-order chi connectivity index (χ0) is 21.8. The van der Waals surface area contributed by atoms with E-state index < -0.39 is 0 Å². The van der Waals surface area contributed by atoms with Gasteiger partial charge in [0.25, 0.3) is 5.91 Å². The molecule has 2 aromatic carbocycles. The molecule has 2 saturated heterocycles. The van der Waals surface area contributed by atoms with Crippen molar-refractivity contribution >= 4 is 5.91 Å². The van der Waals surface area contributed by atoms with Crippen molar-refractivity contribution in [2.24, 2.45) is 0 Å². The molecule has 164 valence electrons. The Labute approximate surface area is 190 Å². The standard InChI is InChI=1S/C27H30N4O/c32-27(23-13-6-5-12-22(23)20-30-17-7-2-8-18-30)31-19-9-14-25(31)24-15-16-28-26(29-24)21-10-3-1-4-11-21/h1,3-6,10-13,15-16,25H,2,7-9,14,17-20H2/t25-/m0/s1. The smallest absolute Gasteiger partial charge is 0.254 e. The predicted octanol–water partition coefficient (Wildman–Crippen LogP) is 5.11. The van der Waals surface area contributed by atoms with Crippen LogP contribution in [0, 0.1) is 0 Å². The zero-order valence-corrected chi connectivity index (χ0v) is 18.5.